The Kier molecular flexibility index (Phi) is 7.68. The second-order valence-corrected chi connectivity index (χ2v) is 7.56. The summed E-state index contributed by atoms with van der Waals surface area (Å²) in [7, 11) is 0. The maximum atomic E-state index is 5.55. The van der Waals surface area contributed by atoms with Crippen molar-refractivity contribution in [2.45, 2.75) is 26.4 Å². The first-order valence-corrected chi connectivity index (χ1v) is 10.6. The molecule has 2 heterocycles. The first-order chi connectivity index (χ1) is 13.3. The van der Waals surface area contributed by atoms with Crippen LogP contribution in [-0.4, -0.2) is 50.3 Å². The van der Waals surface area contributed by atoms with Crippen molar-refractivity contribution in [1.82, 2.24) is 15.5 Å². The summed E-state index contributed by atoms with van der Waals surface area (Å²) < 4.78 is 5.55. The smallest absolute Gasteiger partial charge is 0.191 e. The van der Waals surface area contributed by atoms with Gasteiger partial charge in [0, 0.05) is 26.2 Å². The molecule has 1 aromatic carbocycles. The van der Waals surface area contributed by atoms with Gasteiger partial charge in [0.25, 0.3) is 0 Å². The van der Waals surface area contributed by atoms with Crippen molar-refractivity contribution >= 4 is 17.3 Å². The molecule has 146 valence electrons. The Balaban J connectivity index is 1.69. The number of aliphatic imine (C=N–C) groups is 1. The van der Waals surface area contributed by atoms with Gasteiger partial charge in [0.1, 0.15) is 0 Å². The number of guanidine groups is 1. The van der Waals surface area contributed by atoms with E-state index in [1.54, 1.807) is 11.3 Å². The summed E-state index contributed by atoms with van der Waals surface area (Å²) in [5, 5.41) is 11.2. The van der Waals surface area contributed by atoms with Crippen molar-refractivity contribution in [2.24, 2.45) is 4.99 Å². The molecule has 0 bridgehead atoms. The van der Waals surface area contributed by atoms with E-state index in [1.165, 1.54) is 16.7 Å². The van der Waals surface area contributed by atoms with Crippen molar-refractivity contribution in [3.8, 4) is 0 Å². The SMILES string of the molecule is CCNC(=NCc1ccsc1)NCC(c1ccc(C)cc1)N1CCOCC1. The van der Waals surface area contributed by atoms with Crippen molar-refractivity contribution < 1.29 is 4.74 Å². The molecular weight excluding hydrogens is 356 g/mol. The number of nitrogens with one attached hydrogen (secondary N) is 2. The number of nitrogens with zero attached hydrogens (tertiary/aromatic N) is 2. The standard InChI is InChI=1S/C21H30N4OS/c1-3-22-21(23-14-18-8-13-27-16-18)24-15-20(25-9-11-26-12-10-25)19-6-4-17(2)5-7-19/h4-8,13,16,20H,3,9-12,14-15H2,1-2H3,(H2,22,23,24). The normalized spacial score (nSPS) is 16.9. The van der Waals surface area contributed by atoms with Crippen LogP contribution in [0, 0.1) is 6.92 Å². The molecule has 0 amide bonds. The van der Waals surface area contributed by atoms with E-state index in [1.807, 2.05) is 0 Å². The lowest BCUT2D eigenvalue weighted by molar-refractivity contribution is 0.0170. The Bertz CT molecular complexity index is 693. The van der Waals surface area contributed by atoms with Gasteiger partial charge in [-0.1, -0.05) is 29.8 Å². The van der Waals surface area contributed by atoms with Gasteiger partial charge in [-0.3, -0.25) is 4.90 Å². The first-order valence-electron chi connectivity index (χ1n) is 9.68. The van der Waals surface area contributed by atoms with Crippen molar-refractivity contribution in [3.05, 3.63) is 57.8 Å². The van der Waals surface area contributed by atoms with E-state index in [0.717, 1.165) is 45.4 Å². The highest BCUT2D eigenvalue weighted by atomic mass is 32.1. The quantitative estimate of drug-likeness (QED) is 0.567. The van der Waals surface area contributed by atoms with Crippen LogP contribution in [0.2, 0.25) is 0 Å². The van der Waals surface area contributed by atoms with Gasteiger partial charge >= 0.3 is 0 Å². The van der Waals surface area contributed by atoms with Crippen LogP contribution < -0.4 is 10.6 Å². The van der Waals surface area contributed by atoms with Crippen LogP contribution in [0.5, 0.6) is 0 Å². The summed E-state index contributed by atoms with van der Waals surface area (Å²) in [6.07, 6.45) is 0. The van der Waals surface area contributed by atoms with Crippen LogP contribution in [0.4, 0.5) is 0 Å². The zero-order valence-corrected chi connectivity index (χ0v) is 17.1. The fourth-order valence-corrected chi connectivity index (χ4v) is 3.88. The van der Waals surface area contributed by atoms with Crippen LogP contribution in [-0.2, 0) is 11.3 Å². The lowest BCUT2D eigenvalue weighted by Gasteiger charge is -2.35. The molecule has 0 aliphatic carbocycles. The number of morpholine rings is 1. The predicted molar refractivity (Wildman–Crippen MR) is 113 cm³/mol. The monoisotopic (exact) mass is 386 g/mol. The zero-order valence-electron chi connectivity index (χ0n) is 16.3. The molecule has 3 rings (SSSR count). The number of thiophene rings is 1. The Morgan fingerprint density at radius 1 is 1.19 bits per heavy atom. The summed E-state index contributed by atoms with van der Waals surface area (Å²) in [5.41, 5.74) is 3.88. The van der Waals surface area contributed by atoms with Gasteiger partial charge in [-0.05, 0) is 41.8 Å². The first kappa shape index (κ1) is 19.9. The van der Waals surface area contributed by atoms with Crippen molar-refractivity contribution in [3.63, 3.8) is 0 Å². The molecule has 2 N–H and O–H groups in total. The maximum Gasteiger partial charge on any atom is 0.191 e. The minimum atomic E-state index is 0.305. The Morgan fingerprint density at radius 2 is 1.96 bits per heavy atom. The third kappa shape index (κ3) is 6.06. The van der Waals surface area contributed by atoms with E-state index < -0.39 is 0 Å². The van der Waals surface area contributed by atoms with Crippen LogP contribution >= 0.6 is 11.3 Å². The van der Waals surface area contributed by atoms with Gasteiger partial charge in [0.2, 0.25) is 0 Å². The average Bonchev–Trinajstić information content (AvgIpc) is 3.22. The Morgan fingerprint density at radius 3 is 2.63 bits per heavy atom. The lowest BCUT2D eigenvalue weighted by Crippen LogP contribution is -2.46. The molecule has 2 aromatic rings. The molecule has 1 atom stereocenters. The molecule has 1 aliphatic heterocycles. The van der Waals surface area contributed by atoms with Gasteiger partial charge in [-0.25, -0.2) is 4.99 Å². The minimum absolute atomic E-state index is 0.305. The number of hydrogen-bond donors (Lipinski definition) is 2. The van der Waals surface area contributed by atoms with Gasteiger partial charge in [-0.2, -0.15) is 11.3 Å². The van der Waals surface area contributed by atoms with Gasteiger partial charge in [0.05, 0.1) is 25.8 Å². The van der Waals surface area contributed by atoms with E-state index in [4.69, 9.17) is 9.73 Å². The third-order valence-electron chi connectivity index (χ3n) is 4.76. The number of hydrogen-bond acceptors (Lipinski definition) is 4. The minimum Gasteiger partial charge on any atom is -0.379 e. The van der Waals surface area contributed by atoms with Crippen LogP contribution in [0.3, 0.4) is 0 Å². The Labute approximate surface area is 166 Å². The molecule has 1 fully saturated rings. The van der Waals surface area contributed by atoms with E-state index in [9.17, 15) is 0 Å². The fraction of sp³-hybridized carbons (Fsp3) is 0.476. The summed E-state index contributed by atoms with van der Waals surface area (Å²) in [6, 6.07) is 11.3. The van der Waals surface area contributed by atoms with E-state index in [2.05, 4.69) is 70.5 Å². The second-order valence-electron chi connectivity index (χ2n) is 6.78. The molecule has 1 unspecified atom stereocenters. The molecule has 1 aliphatic rings. The van der Waals surface area contributed by atoms with E-state index in [0.29, 0.717) is 12.6 Å². The van der Waals surface area contributed by atoms with Gasteiger partial charge in [-0.15, -0.1) is 0 Å². The molecule has 1 saturated heterocycles. The summed E-state index contributed by atoms with van der Waals surface area (Å²) in [5.74, 6) is 0.870. The number of ether oxygens (including phenoxy) is 1. The molecular formula is C21H30N4OS. The second kappa shape index (κ2) is 10.4. The zero-order chi connectivity index (χ0) is 18.9. The maximum absolute atomic E-state index is 5.55. The van der Waals surface area contributed by atoms with Crippen molar-refractivity contribution in [2.75, 3.05) is 39.4 Å². The number of benzene rings is 1. The summed E-state index contributed by atoms with van der Waals surface area (Å²) >= 11 is 1.71. The molecule has 6 heteroatoms. The highest BCUT2D eigenvalue weighted by Crippen LogP contribution is 2.21. The fourth-order valence-electron chi connectivity index (χ4n) is 3.22. The average molecular weight is 387 g/mol. The molecule has 27 heavy (non-hydrogen) atoms. The highest BCUT2D eigenvalue weighted by molar-refractivity contribution is 7.07. The van der Waals surface area contributed by atoms with E-state index >= 15 is 0 Å². The largest absolute Gasteiger partial charge is 0.379 e. The van der Waals surface area contributed by atoms with Crippen molar-refractivity contribution in [1.29, 1.82) is 0 Å². The molecule has 1 aromatic heterocycles. The summed E-state index contributed by atoms with van der Waals surface area (Å²) in [4.78, 5) is 7.24. The van der Waals surface area contributed by atoms with Crippen LogP contribution in [0.15, 0.2) is 46.1 Å². The van der Waals surface area contributed by atoms with Crippen LogP contribution in [0.25, 0.3) is 0 Å². The van der Waals surface area contributed by atoms with Gasteiger partial charge in [0.15, 0.2) is 5.96 Å². The van der Waals surface area contributed by atoms with Crippen LogP contribution in [0.1, 0.15) is 29.7 Å². The predicted octanol–water partition coefficient (Wildman–Crippen LogP) is 3.19. The Hall–Kier alpha value is -1.89. The molecule has 5 nitrogen and oxygen atoms in total. The summed E-state index contributed by atoms with van der Waals surface area (Å²) in [6.45, 7) is 10.1. The molecule has 0 saturated carbocycles. The number of rotatable bonds is 7. The molecule has 0 spiro atoms. The molecule has 0 radical (unpaired) electrons. The topological polar surface area (TPSA) is 48.9 Å². The van der Waals surface area contributed by atoms with E-state index in [-0.39, 0.29) is 0 Å². The lowest BCUT2D eigenvalue weighted by atomic mass is 10.0. The number of aryl methyl sites for hydroxylation is 1. The highest BCUT2D eigenvalue weighted by Gasteiger charge is 2.22. The van der Waals surface area contributed by atoms with Gasteiger partial charge < -0.3 is 15.4 Å². The third-order valence-corrected chi connectivity index (χ3v) is 5.49.